The highest BCUT2D eigenvalue weighted by Gasteiger charge is 2.16. The quantitative estimate of drug-likeness (QED) is 0.800. The maximum atomic E-state index is 13.7. The smallest absolute Gasteiger partial charge is 0.319 e. The molecular weight excluding hydrogens is 376 g/mol. The Kier molecular flexibility index (Phi) is 5.47. The van der Waals surface area contributed by atoms with Crippen LogP contribution in [0.25, 0.3) is 0 Å². The van der Waals surface area contributed by atoms with Crippen LogP contribution in [0.3, 0.4) is 0 Å². The lowest BCUT2D eigenvalue weighted by atomic mass is 10.2. The van der Waals surface area contributed by atoms with E-state index in [9.17, 15) is 13.6 Å². The third kappa shape index (κ3) is 4.01. The predicted molar refractivity (Wildman–Crippen MR) is 86.1 cm³/mol. The Labute approximate surface area is 139 Å². The number of urea groups is 1. The van der Waals surface area contributed by atoms with Crippen molar-refractivity contribution in [1.82, 2.24) is 10.3 Å². The maximum Gasteiger partial charge on any atom is 0.319 e. The number of hydrogen-bond acceptors (Lipinski definition) is 3. The van der Waals surface area contributed by atoms with Crippen LogP contribution >= 0.6 is 27.3 Å². The number of carbonyl (C=O) groups excluding carboxylic acids is 1. The summed E-state index contributed by atoms with van der Waals surface area (Å²) in [5.41, 5.74) is 0.634. The second-order valence-corrected chi connectivity index (χ2v) is 6.38. The Morgan fingerprint density at radius 1 is 1.45 bits per heavy atom. The van der Waals surface area contributed by atoms with Crippen LogP contribution in [-0.2, 0) is 6.42 Å². The summed E-state index contributed by atoms with van der Waals surface area (Å²) in [4.78, 5) is 16.3. The molecule has 118 valence electrons. The summed E-state index contributed by atoms with van der Waals surface area (Å²) in [7, 11) is 0. The third-order valence-electron chi connectivity index (χ3n) is 2.91. The number of anilines is 1. The van der Waals surface area contributed by atoms with E-state index in [1.807, 2.05) is 12.3 Å². The molecule has 0 saturated heterocycles. The number of carbonyl (C=O) groups is 1. The van der Waals surface area contributed by atoms with E-state index < -0.39 is 17.7 Å². The highest BCUT2D eigenvalue weighted by atomic mass is 79.9. The van der Waals surface area contributed by atoms with Gasteiger partial charge in [-0.2, -0.15) is 0 Å². The molecule has 1 aromatic carbocycles. The highest BCUT2D eigenvalue weighted by Crippen LogP contribution is 2.27. The fourth-order valence-electron chi connectivity index (χ4n) is 1.77. The molecule has 2 rings (SSSR count). The molecule has 0 saturated carbocycles. The molecular formula is C14H14BrF2N3OS. The zero-order valence-corrected chi connectivity index (χ0v) is 14.3. The lowest BCUT2D eigenvalue weighted by molar-refractivity contribution is 0.249. The van der Waals surface area contributed by atoms with E-state index in [-0.39, 0.29) is 16.2 Å². The first-order chi connectivity index (χ1) is 10.4. The van der Waals surface area contributed by atoms with Crippen LogP contribution in [0.5, 0.6) is 0 Å². The monoisotopic (exact) mass is 389 g/mol. The van der Waals surface area contributed by atoms with Gasteiger partial charge < -0.3 is 10.6 Å². The summed E-state index contributed by atoms with van der Waals surface area (Å²) in [5, 5.41) is 7.88. The van der Waals surface area contributed by atoms with Gasteiger partial charge in [0.05, 0.1) is 22.4 Å². The van der Waals surface area contributed by atoms with Crippen molar-refractivity contribution >= 4 is 39.0 Å². The van der Waals surface area contributed by atoms with Crippen molar-refractivity contribution in [1.29, 1.82) is 0 Å². The number of amides is 2. The van der Waals surface area contributed by atoms with Crippen molar-refractivity contribution in [3.8, 4) is 0 Å². The molecule has 0 radical (unpaired) electrons. The summed E-state index contributed by atoms with van der Waals surface area (Å²) in [6.45, 7) is 3.78. The van der Waals surface area contributed by atoms with Gasteiger partial charge in [-0.25, -0.2) is 18.6 Å². The number of aromatic nitrogens is 1. The molecule has 4 nitrogen and oxygen atoms in total. The van der Waals surface area contributed by atoms with Crippen molar-refractivity contribution in [2.24, 2.45) is 0 Å². The second kappa shape index (κ2) is 7.15. The molecule has 1 aromatic heterocycles. The molecule has 1 heterocycles. The van der Waals surface area contributed by atoms with E-state index in [1.54, 1.807) is 6.92 Å². The van der Waals surface area contributed by atoms with Crippen LogP contribution < -0.4 is 10.6 Å². The minimum atomic E-state index is -0.850. The molecule has 22 heavy (non-hydrogen) atoms. The Bertz CT molecular complexity index is 669. The van der Waals surface area contributed by atoms with Crippen molar-refractivity contribution in [2.45, 2.75) is 26.3 Å². The van der Waals surface area contributed by atoms with Gasteiger partial charge in [-0.3, -0.25) is 0 Å². The summed E-state index contributed by atoms with van der Waals surface area (Å²) < 4.78 is 26.8. The number of benzene rings is 1. The zero-order chi connectivity index (χ0) is 16.3. The second-order valence-electron chi connectivity index (χ2n) is 4.58. The van der Waals surface area contributed by atoms with E-state index in [0.29, 0.717) is 6.07 Å². The molecule has 0 aliphatic heterocycles. The fourth-order valence-corrected chi connectivity index (χ4v) is 3.11. The molecule has 0 fully saturated rings. The number of nitrogens with one attached hydrogen (secondary N) is 2. The average Bonchev–Trinajstić information content (AvgIpc) is 2.91. The molecule has 8 heteroatoms. The predicted octanol–water partition coefficient (Wildman–Crippen LogP) is 4.63. The summed E-state index contributed by atoms with van der Waals surface area (Å²) in [6, 6.07) is 0.872. The Hall–Kier alpha value is -1.54. The van der Waals surface area contributed by atoms with Gasteiger partial charge in [0.25, 0.3) is 0 Å². The van der Waals surface area contributed by atoms with E-state index in [0.717, 1.165) is 23.2 Å². The molecule has 0 unspecified atom stereocenters. The molecule has 0 bridgehead atoms. The van der Waals surface area contributed by atoms with Crippen LogP contribution in [0.4, 0.5) is 19.3 Å². The molecule has 0 aliphatic carbocycles. The Morgan fingerprint density at radius 3 is 2.77 bits per heavy atom. The van der Waals surface area contributed by atoms with Gasteiger partial charge in [-0.1, -0.05) is 6.92 Å². The number of halogens is 3. The molecule has 1 atom stereocenters. The maximum absolute atomic E-state index is 13.7. The van der Waals surface area contributed by atoms with Crippen molar-refractivity contribution < 1.29 is 13.6 Å². The Morgan fingerprint density at radius 2 is 2.18 bits per heavy atom. The van der Waals surface area contributed by atoms with E-state index in [2.05, 4.69) is 31.5 Å². The molecule has 0 aliphatic rings. The third-order valence-corrected chi connectivity index (χ3v) is 4.55. The van der Waals surface area contributed by atoms with Gasteiger partial charge in [0, 0.05) is 15.9 Å². The SMILES string of the molecule is CCc1nc([C@H](C)NC(=O)Nc2c(F)cc(F)cc2Br)cs1. The van der Waals surface area contributed by atoms with Crippen LogP contribution in [0, 0.1) is 11.6 Å². The number of rotatable bonds is 4. The zero-order valence-electron chi connectivity index (χ0n) is 11.9. The highest BCUT2D eigenvalue weighted by molar-refractivity contribution is 9.10. The van der Waals surface area contributed by atoms with Gasteiger partial charge >= 0.3 is 6.03 Å². The molecule has 2 amide bonds. The molecule has 2 aromatic rings. The van der Waals surface area contributed by atoms with Crippen LogP contribution in [0.15, 0.2) is 22.0 Å². The minimum Gasteiger partial charge on any atom is -0.330 e. The largest absolute Gasteiger partial charge is 0.330 e. The van der Waals surface area contributed by atoms with Crippen molar-refractivity contribution in [3.05, 3.63) is 44.3 Å². The lowest BCUT2D eigenvalue weighted by Crippen LogP contribution is -2.31. The van der Waals surface area contributed by atoms with Gasteiger partial charge in [-0.15, -0.1) is 11.3 Å². The van der Waals surface area contributed by atoms with Gasteiger partial charge in [-0.05, 0) is 35.3 Å². The van der Waals surface area contributed by atoms with Crippen molar-refractivity contribution in [2.75, 3.05) is 5.32 Å². The van der Waals surface area contributed by atoms with Gasteiger partial charge in [0.1, 0.15) is 5.82 Å². The van der Waals surface area contributed by atoms with E-state index >= 15 is 0 Å². The van der Waals surface area contributed by atoms with Gasteiger partial charge in [0.2, 0.25) is 0 Å². The van der Waals surface area contributed by atoms with Crippen molar-refractivity contribution in [3.63, 3.8) is 0 Å². The number of hydrogen-bond donors (Lipinski definition) is 2. The van der Waals surface area contributed by atoms with Crippen LogP contribution in [0.1, 0.15) is 30.6 Å². The first-order valence-corrected chi connectivity index (χ1v) is 8.24. The standard InChI is InChI=1S/C14H14BrF2N3OS/c1-3-12-19-11(6-22-12)7(2)18-14(21)20-13-9(15)4-8(16)5-10(13)17/h4-7H,3H2,1-2H3,(H2,18,20,21)/t7-/m0/s1. The normalized spacial score (nSPS) is 12.0. The number of thiazole rings is 1. The van der Waals surface area contributed by atoms with E-state index in [1.165, 1.54) is 11.3 Å². The summed E-state index contributed by atoms with van der Waals surface area (Å²) in [6.07, 6.45) is 0.831. The number of aryl methyl sites for hydroxylation is 1. The molecule has 2 N–H and O–H groups in total. The Balaban J connectivity index is 2.04. The number of nitrogens with zero attached hydrogens (tertiary/aromatic N) is 1. The lowest BCUT2D eigenvalue weighted by Gasteiger charge is -2.14. The van der Waals surface area contributed by atoms with Crippen LogP contribution in [0.2, 0.25) is 0 Å². The molecule has 0 spiro atoms. The van der Waals surface area contributed by atoms with E-state index in [4.69, 9.17) is 0 Å². The first-order valence-electron chi connectivity index (χ1n) is 6.57. The first kappa shape index (κ1) is 16.8. The summed E-state index contributed by atoms with van der Waals surface area (Å²) >= 11 is 4.54. The van der Waals surface area contributed by atoms with Crippen LogP contribution in [-0.4, -0.2) is 11.0 Å². The average molecular weight is 390 g/mol. The topological polar surface area (TPSA) is 54.0 Å². The summed E-state index contributed by atoms with van der Waals surface area (Å²) in [5.74, 6) is -1.57. The minimum absolute atomic E-state index is 0.112. The van der Waals surface area contributed by atoms with Gasteiger partial charge in [0.15, 0.2) is 5.82 Å². The fraction of sp³-hybridized carbons (Fsp3) is 0.286.